The molecule has 7 heteroatoms. The van der Waals surface area contributed by atoms with Crippen molar-refractivity contribution in [3.8, 4) is 0 Å². The van der Waals surface area contributed by atoms with Crippen LogP contribution >= 0.6 is 27.7 Å². The van der Waals surface area contributed by atoms with E-state index in [4.69, 9.17) is 5.21 Å². The van der Waals surface area contributed by atoms with Gasteiger partial charge in [0.15, 0.2) is 0 Å². The first kappa shape index (κ1) is 13.0. The van der Waals surface area contributed by atoms with Crippen molar-refractivity contribution < 1.29 is 5.21 Å². The second kappa shape index (κ2) is 5.03. The minimum atomic E-state index is -0.762. The summed E-state index contributed by atoms with van der Waals surface area (Å²) in [6, 6.07) is 8.68. The van der Waals surface area contributed by atoms with Crippen molar-refractivity contribution in [3.05, 3.63) is 55.6 Å². The lowest BCUT2D eigenvalue weighted by atomic mass is 10.4. The minimum absolute atomic E-state index is 0.0889. The van der Waals surface area contributed by atoms with Gasteiger partial charge in [0.2, 0.25) is 0 Å². The second-order valence-electron chi connectivity index (χ2n) is 3.53. The molecular formula is C11H9BrN2O3S. The second-order valence-corrected chi connectivity index (χ2v) is 5.54. The van der Waals surface area contributed by atoms with Gasteiger partial charge in [-0.1, -0.05) is 32.4 Å². The van der Waals surface area contributed by atoms with Gasteiger partial charge in [0.25, 0.3) is 5.56 Å². The van der Waals surface area contributed by atoms with Gasteiger partial charge in [0.05, 0.1) is 5.03 Å². The first-order valence-electron chi connectivity index (χ1n) is 4.95. The smallest absolute Gasteiger partial charge is 0.365 e. The van der Waals surface area contributed by atoms with Gasteiger partial charge in [-0.05, 0) is 24.3 Å². The number of hydrogen-bond acceptors (Lipinski definition) is 4. The van der Waals surface area contributed by atoms with Crippen LogP contribution in [0.4, 0.5) is 0 Å². The van der Waals surface area contributed by atoms with Crippen LogP contribution in [-0.4, -0.2) is 14.5 Å². The zero-order valence-corrected chi connectivity index (χ0v) is 11.7. The molecule has 0 amide bonds. The Morgan fingerprint density at radius 1 is 1.22 bits per heavy atom. The molecule has 0 atom stereocenters. The highest BCUT2D eigenvalue weighted by Crippen LogP contribution is 2.26. The molecule has 1 heterocycles. The van der Waals surface area contributed by atoms with Crippen LogP contribution in [0.25, 0.3) is 0 Å². The first-order chi connectivity index (χ1) is 8.49. The highest BCUT2D eigenvalue weighted by molar-refractivity contribution is 9.10. The number of rotatable bonds is 2. The van der Waals surface area contributed by atoms with Crippen molar-refractivity contribution in [2.24, 2.45) is 7.05 Å². The maximum atomic E-state index is 11.5. The maximum absolute atomic E-state index is 11.5. The number of aromatic nitrogens is 2. The zero-order valence-electron chi connectivity index (χ0n) is 9.33. The van der Waals surface area contributed by atoms with Crippen LogP contribution in [0.3, 0.4) is 0 Å². The first-order valence-corrected chi connectivity index (χ1v) is 6.56. The number of nitrogens with zero attached hydrogens (tertiary/aromatic N) is 2. The summed E-state index contributed by atoms with van der Waals surface area (Å²) in [5.41, 5.74) is -1.50. The molecule has 18 heavy (non-hydrogen) atoms. The molecule has 0 radical (unpaired) electrons. The molecule has 1 N–H and O–H groups in total. The Morgan fingerprint density at radius 2 is 1.83 bits per heavy atom. The van der Waals surface area contributed by atoms with Gasteiger partial charge in [-0.2, -0.15) is 0 Å². The molecule has 2 rings (SSSR count). The van der Waals surface area contributed by atoms with Gasteiger partial charge in [0.1, 0.15) is 0 Å². The third-order valence-corrected chi connectivity index (χ3v) is 3.93. The highest BCUT2D eigenvalue weighted by atomic mass is 79.9. The lowest BCUT2D eigenvalue weighted by Crippen LogP contribution is -2.37. The molecule has 0 aliphatic rings. The molecular weight excluding hydrogens is 320 g/mol. The third-order valence-electron chi connectivity index (χ3n) is 2.29. The van der Waals surface area contributed by atoms with E-state index in [9.17, 15) is 9.59 Å². The summed E-state index contributed by atoms with van der Waals surface area (Å²) in [5.74, 6) is 0. The summed E-state index contributed by atoms with van der Waals surface area (Å²) >= 11 is 4.60. The zero-order chi connectivity index (χ0) is 13.3. The van der Waals surface area contributed by atoms with Crippen molar-refractivity contribution in [3.63, 3.8) is 0 Å². The van der Waals surface area contributed by atoms with E-state index in [1.165, 1.54) is 29.4 Å². The summed E-state index contributed by atoms with van der Waals surface area (Å²) in [5, 5.41) is 9.64. The maximum Gasteiger partial charge on any atom is 0.365 e. The van der Waals surface area contributed by atoms with Gasteiger partial charge < -0.3 is 5.21 Å². The lowest BCUT2D eigenvalue weighted by molar-refractivity contribution is 0.153. The van der Waals surface area contributed by atoms with E-state index in [1.807, 2.05) is 24.3 Å². The minimum Gasteiger partial charge on any atom is -0.421 e. The molecule has 0 bridgehead atoms. The van der Waals surface area contributed by atoms with Gasteiger partial charge in [-0.25, -0.2) is 4.79 Å². The number of hydrogen-bond donors (Lipinski definition) is 1. The summed E-state index contributed by atoms with van der Waals surface area (Å²) in [4.78, 5) is 23.7. The van der Waals surface area contributed by atoms with Crippen LogP contribution in [0.5, 0.6) is 0 Å². The van der Waals surface area contributed by atoms with E-state index < -0.39 is 11.2 Å². The Labute approximate surface area is 115 Å². The van der Waals surface area contributed by atoms with Crippen molar-refractivity contribution in [2.45, 2.75) is 9.92 Å². The van der Waals surface area contributed by atoms with Gasteiger partial charge >= 0.3 is 5.69 Å². The standard InChI is InChI=1S/C11H9BrN2O3S/c1-13-10(6-9(15)14(17)11(13)16)18-8-4-2-7(12)3-5-8/h2-6,17H,1H3. The Kier molecular flexibility index (Phi) is 3.63. The number of halogens is 1. The van der Waals surface area contributed by atoms with Gasteiger partial charge in [-0.3, -0.25) is 9.36 Å². The normalized spacial score (nSPS) is 10.6. The fourth-order valence-electron chi connectivity index (χ4n) is 1.32. The fourth-order valence-corrected chi connectivity index (χ4v) is 2.47. The molecule has 0 saturated carbocycles. The highest BCUT2D eigenvalue weighted by Gasteiger charge is 2.08. The average molecular weight is 329 g/mol. The summed E-state index contributed by atoms with van der Waals surface area (Å²) < 4.78 is 2.26. The summed E-state index contributed by atoms with van der Waals surface area (Å²) in [7, 11) is 1.50. The van der Waals surface area contributed by atoms with Crippen molar-refractivity contribution in [2.75, 3.05) is 0 Å². The van der Waals surface area contributed by atoms with Crippen LogP contribution in [0.1, 0.15) is 0 Å². The van der Waals surface area contributed by atoms with Gasteiger partial charge in [0, 0.05) is 22.5 Å². The topological polar surface area (TPSA) is 64.2 Å². The molecule has 0 saturated heterocycles. The molecule has 94 valence electrons. The van der Waals surface area contributed by atoms with Crippen molar-refractivity contribution in [1.82, 2.24) is 9.30 Å². The van der Waals surface area contributed by atoms with E-state index in [1.54, 1.807) is 0 Å². The van der Waals surface area contributed by atoms with Crippen LogP contribution in [0, 0.1) is 0 Å². The molecule has 0 unspecified atom stereocenters. The van der Waals surface area contributed by atoms with E-state index >= 15 is 0 Å². The Balaban J connectivity index is 2.44. The summed E-state index contributed by atoms with van der Waals surface area (Å²) in [6.07, 6.45) is 0. The van der Waals surface area contributed by atoms with Gasteiger partial charge in [-0.15, -0.1) is 0 Å². The quantitative estimate of drug-likeness (QED) is 0.673. The van der Waals surface area contributed by atoms with E-state index in [-0.39, 0.29) is 4.73 Å². The molecule has 0 spiro atoms. The van der Waals surface area contributed by atoms with E-state index in [0.717, 1.165) is 9.37 Å². The monoisotopic (exact) mass is 328 g/mol. The molecule has 2 aromatic rings. The Hall–Kier alpha value is -1.47. The van der Waals surface area contributed by atoms with E-state index in [2.05, 4.69) is 15.9 Å². The van der Waals surface area contributed by atoms with E-state index in [0.29, 0.717) is 5.03 Å². The average Bonchev–Trinajstić information content (AvgIpc) is 2.36. The Morgan fingerprint density at radius 3 is 2.44 bits per heavy atom. The molecule has 5 nitrogen and oxygen atoms in total. The molecule has 0 aliphatic carbocycles. The van der Waals surface area contributed by atoms with Crippen LogP contribution in [0.2, 0.25) is 0 Å². The molecule has 1 aromatic carbocycles. The fraction of sp³-hybridized carbons (Fsp3) is 0.0909. The lowest BCUT2D eigenvalue weighted by Gasteiger charge is -2.07. The van der Waals surface area contributed by atoms with Crippen LogP contribution < -0.4 is 11.2 Å². The SMILES string of the molecule is Cn1c(Sc2ccc(Br)cc2)cc(=O)n(O)c1=O. The molecule has 0 fully saturated rings. The Bertz CT molecular complexity index is 691. The van der Waals surface area contributed by atoms with Crippen LogP contribution in [0.15, 0.2) is 54.3 Å². The number of benzene rings is 1. The van der Waals surface area contributed by atoms with Crippen molar-refractivity contribution in [1.29, 1.82) is 0 Å². The molecule has 1 aromatic heterocycles. The van der Waals surface area contributed by atoms with Crippen LogP contribution in [-0.2, 0) is 7.05 Å². The van der Waals surface area contributed by atoms with Crippen molar-refractivity contribution >= 4 is 27.7 Å². The predicted molar refractivity (Wildman–Crippen MR) is 71.4 cm³/mol. The third kappa shape index (κ3) is 2.51. The largest absolute Gasteiger partial charge is 0.421 e. The summed E-state index contributed by atoms with van der Waals surface area (Å²) in [6.45, 7) is 0. The molecule has 0 aliphatic heterocycles. The predicted octanol–water partition coefficient (Wildman–Crippen LogP) is 1.70.